The number of benzene rings is 2. The van der Waals surface area contributed by atoms with E-state index in [9.17, 15) is 9.59 Å². The van der Waals surface area contributed by atoms with Crippen LogP contribution < -0.4 is 16.0 Å². The van der Waals surface area contributed by atoms with E-state index in [2.05, 4.69) is 16.0 Å². The van der Waals surface area contributed by atoms with Crippen LogP contribution in [-0.4, -0.2) is 44.0 Å². The van der Waals surface area contributed by atoms with Gasteiger partial charge in [0.2, 0.25) is 0 Å². The number of nitrogens with zero attached hydrogens (tertiary/aromatic N) is 1. The molecule has 0 saturated heterocycles. The number of carbonyl (C=O) groups is 2. The third kappa shape index (κ3) is 5.61. The molecule has 25 heavy (non-hydrogen) atoms. The predicted molar refractivity (Wildman–Crippen MR) is 101 cm³/mol. The number of carbonyl (C=O) groups excluding carboxylic acids is 2. The van der Waals surface area contributed by atoms with Crippen LogP contribution in [0, 0.1) is 6.92 Å². The Morgan fingerprint density at radius 2 is 1.68 bits per heavy atom. The van der Waals surface area contributed by atoms with Crippen molar-refractivity contribution in [3.8, 4) is 0 Å². The van der Waals surface area contributed by atoms with Gasteiger partial charge in [-0.3, -0.25) is 4.79 Å². The molecule has 3 amide bonds. The summed E-state index contributed by atoms with van der Waals surface area (Å²) in [4.78, 5) is 26.4. The maximum Gasteiger partial charge on any atom is 0.319 e. The van der Waals surface area contributed by atoms with Crippen molar-refractivity contribution in [2.75, 3.05) is 37.8 Å². The van der Waals surface area contributed by atoms with E-state index in [1.165, 1.54) is 0 Å². The second-order valence-corrected chi connectivity index (χ2v) is 5.98. The van der Waals surface area contributed by atoms with Crippen molar-refractivity contribution in [2.24, 2.45) is 0 Å². The van der Waals surface area contributed by atoms with E-state index in [1.807, 2.05) is 56.3 Å². The molecular weight excluding hydrogens is 316 g/mol. The standard InChI is InChI=1S/C19H24N4O2/c1-14-16(18(24)21-15-8-5-4-6-9-15)10-7-11-17(14)22-19(25)20-12-13-23(2)3/h4-11H,12-13H2,1-3H3,(H,21,24)(H2,20,22,25). The SMILES string of the molecule is Cc1c(NC(=O)NCCN(C)C)cccc1C(=O)Nc1ccccc1. The minimum atomic E-state index is -0.287. The molecule has 0 unspecified atom stereocenters. The van der Waals surface area contributed by atoms with Crippen LogP contribution in [0.25, 0.3) is 0 Å². The van der Waals surface area contributed by atoms with Gasteiger partial charge in [0.05, 0.1) is 0 Å². The molecule has 0 aliphatic rings. The van der Waals surface area contributed by atoms with Gasteiger partial charge in [-0.2, -0.15) is 0 Å². The Hall–Kier alpha value is -2.86. The number of para-hydroxylation sites is 1. The van der Waals surface area contributed by atoms with Gasteiger partial charge < -0.3 is 20.9 Å². The lowest BCUT2D eigenvalue weighted by molar-refractivity contribution is 0.102. The summed E-state index contributed by atoms with van der Waals surface area (Å²) in [7, 11) is 3.89. The van der Waals surface area contributed by atoms with Crippen molar-refractivity contribution in [1.29, 1.82) is 0 Å². The largest absolute Gasteiger partial charge is 0.337 e. The summed E-state index contributed by atoms with van der Waals surface area (Å²) in [6.07, 6.45) is 0. The number of amides is 3. The molecule has 6 nitrogen and oxygen atoms in total. The first-order valence-electron chi connectivity index (χ1n) is 8.13. The van der Waals surface area contributed by atoms with Crippen LogP contribution in [0.5, 0.6) is 0 Å². The van der Waals surface area contributed by atoms with Crippen LogP contribution in [0.2, 0.25) is 0 Å². The number of nitrogens with one attached hydrogen (secondary N) is 3. The Balaban J connectivity index is 2.03. The summed E-state index contributed by atoms with van der Waals surface area (Å²) in [5.74, 6) is -0.208. The molecule has 2 aromatic rings. The van der Waals surface area contributed by atoms with Gasteiger partial charge in [-0.15, -0.1) is 0 Å². The number of anilines is 2. The van der Waals surface area contributed by atoms with Gasteiger partial charge in [-0.05, 0) is 50.8 Å². The van der Waals surface area contributed by atoms with E-state index in [4.69, 9.17) is 0 Å². The zero-order valence-corrected chi connectivity index (χ0v) is 14.8. The Bertz CT molecular complexity index is 729. The molecule has 0 radical (unpaired) electrons. The maximum absolute atomic E-state index is 12.5. The highest BCUT2D eigenvalue weighted by Crippen LogP contribution is 2.20. The molecule has 0 fully saturated rings. The molecule has 0 atom stereocenters. The van der Waals surface area contributed by atoms with Crippen LogP contribution in [-0.2, 0) is 0 Å². The zero-order valence-electron chi connectivity index (χ0n) is 14.8. The molecule has 2 rings (SSSR count). The molecule has 0 bridgehead atoms. The molecular formula is C19H24N4O2. The molecule has 0 aliphatic heterocycles. The number of likely N-dealkylation sites (N-methyl/N-ethyl adjacent to an activating group) is 1. The highest BCUT2D eigenvalue weighted by Gasteiger charge is 2.13. The first kappa shape index (κ1) is 18.5. The summed E-state index contributed by atoms with van der Waals surface area (Å²) in [6.45, 7) is 3.12. The van der Waals surface area contributed by atoms with Crippen LogP contribution in [0.15, 0.2) is 48.5 Å². The van der Waals surface area contributed by atoms with Crippen molar-refractivity contribution >= 4 is 23.3 Å². The lowest BCUT2D eigenvalue weighted by atomic mass is 10.1. The molecule has 3 N–H and O–H groups in total. The van der Waals surface area contributed by atoms with Gasteiger partial charge in [0.25, 0.3) is 5.91 Å². The summed E-state index contributed by atoms with van der Waals surface area (Å²) >= 11 is 0. The Morgan fingerprint density at radius 1 is 0.960 bits per heavy atom. The lowest BCUT2D eigenvalue weighted by Gasteiger charge is -2.14. The number of hydrogen-bond acceptors (Lipinski definition) is 3. The Kier molecular flexibility index (Phi) is 6.54. The maximum atomic E-state index is 12.5. The van der Waals surface area contributed by atoms with Gasteiger partial charge in [0.15, 0.2) is 0 Å². The van der Waals surface area contributed by atoms with Crippen LogP contribution in [0.4, 0.5) is 16.2 Å². The molecule has 0 aromatic heterocycles. The van der Waals surface area contributed by atoms with Crippen LogP contribution >= 0.6 is 0 Å². The fraction of sp³-hybridized carbons (Fsp3) is 0.263. The van der Waals surface area contributed by atoms with Gasteiger partial charge in [-0.1, -0.05) is 24.3 Å². The second-order valence-electron chi connectivity index (χ2n) is 5.98. The van der Waals surface area contributed by atoms with Crippen molar-refractivity contribution in [3.05, 3.63) is 59.7 Å². The minimum absolute atomic E-state index is 0.208. The molecule has 6 heteroatoms. The topological polar surface area (TPSA) is 73.5 Å². The average molecular weight is 340 g/mol. The smallest absolute Gasteiger partial charge is 0.319 e. The molecule has 132 valence electrons. The number of rotatable bonds is 6. The van der Waals surface area contributed by atoms with Gasteiger partial charge in [0.1, 0.15) is 0 Å². The van der Waals surface area contributed by atoms with Gasteiger partial charge in [0, 0.05) is 30.0 Å². The fourth-order valence-electron chi connectivity index (χ4n) is 2.30. The third-order valence-corrected chi connectivity index (χ3v) is 3.70. The van der Waals surface area contributed by atoms with Crippen molar-refractivity contribution in [3.63, 3.8) is 0 Å². The van der Waals surface area contributed by atoms with Crippen molar-refractivity contribution in [2.45, 2.75) is 6.92 Å². The van der Waals surface area contributed by atoms with Crippen LogP contribution in [0.1, 0.15) is 15.9 Å². The first-order valence-corrected chi connectivity index (χ1v) is 8.13. The second kappa shape index (κ2) is 8.84. The summed E-state index contributed by atoms with van der Waals surface area (Å²) in [5.41, 5.74) is 2.59. The quantitative estimate of drug-likeness (QED) is 0.757. The molecule has 2 aromatic carbocycles. The van der Waals surface area contributed by atoms with Gasteiger partial charge in [-0.25, -0.2) is 4.79 Å². The van der Waals surface area contributed by atoms with E-state index in [0.717, 1.165) is 17.8 Å². The number of hydrogen-bond donors (Lipinski definition) is 3. The molecule has 0 saturated carbocycles. The van der Waals surface area contributed by atoms with Crippen molar-refractivity contribution in [1.82, 2.24) is 10.2 Å². The lowest BCUT2D eigenvalue weighted by Crippen LogP contribution is -2.34. The number of urea groups is 1. The average Bonchev–Trinajstić information content (AvgIpc) is 2.57. The monoisotopic (exact) mass is 340 g/mol. The summed E-state index contributed by atoms with van der Waals surface area (Å²) in [5, 5.41) is 8.43. The Morgan fingerprint density at radius 3 is 2.36 bits per heavy atom. The Labute approximate surface area is 148 Å². The molecule has 0 aliphatic carbocycles. The molecule has 0 spiro atoms. The van der Waals surface area contributed by atoms with E-state index >= 15 is 0 Å². The van der Waals surface area contributed by atoms with E-state index in [0.29, 0.717) is 17.8 Å². The van der Waals surface area contributed by atoms with E-state index < -0.39 is 0 Å². The normalized spacial score (nSPS) is 10.4. The predicted octanol–water partition coefficient (Wildman–Crippen LogP) is 2.93. The summed E-state index contributed by atoms with van der Waals surface area (Å²) in [6, 6.07) is 14.2. The summed E-state index contributed by atoms with van der Waals surface area (Å²) < 4.78 is 0. The zero-order chi connectivity index (χ0) is 18.2. The van der Waals surface area contributed by atoms with Gasteiger partial charge >= 0.3 is 6.03 Å². The van der Waals surface area contributed by atoms with Crippen LogP contribution in [0.3, 0.4) is 0 Å². The third-order valence-electron chi connectivity index (χ3n) is 3.70. The first-order chi connectivity index (χ1) is 12.0. The van der Waals surface area contributed by atoms with E-state index in [1.54, 1.807) is 18.2 Å². The minimum Gasteiger partial charge on any atom is -0.337 e. The van der Waals surface area contributed by atoms with E-state index in [-0.39, 0.29) is 11.9 Å². The highest BCUT2D eigenvalue weighted by atomic mass is 16.2. The molecule has 0 heterocycles. The highest BCUT2D eigenvalue weighted by molar-refractivity contribution is 6.06. The van der Waals surface area contributed by atoms with Crippen molar-refractivity contribution < 1.29 is 9.59 Å². The fourth-order valence-corrected chi connectivity index (χ4v) is 2.30.